The van der Waals surface area contributed by atoms with Crippen LogP contribution in [0, 0.1) is 0 Å². The Bertz CT molecular complexity index is 615. The second-order valence-electron chi connectivity index (χ2n) is 5.65. The zero-order valence-corrected chi connectivity index (χ0v) is 13.0. The molecule has 20 heavy (non-hydrogen) atoms. The molecule has 0 aromatic heterocycles. The van der Waals surface area contributed by atoms with Gasteiger partial charge in [0.15, 0.2) is 0 Å². The molecule has 0 saturated carbocycles. The van der Waals surface area contributed by atoms with Crippen LogP contribution in [0.4, 0.5) is 0 Å². The van der Waals surface area contributed by atoms with E-state index < -0.39 is 0 Å². The standard InChI is InChI=1S/C19H21Cl/c1-3-13-9-10-16(11-14(13)4-2)19(20)18-12-15-7-5-6-8-17(15)18/h5-11,18-19H,3-4,12H2,1-2H3. The second-order valence-corrected chi connectivity index (χ2v) is 6.12. The van der Waals surface area contributed by atoms with Crippen molar-refractivity contribution in [3.05, 3.63) is 70.3 Å². The molecule has 3 rings (SSSR count). The Kier molecular flexibility index (Phi) is 3.85. The van der Waals surface area contributed by atoms with Crippen molar-refractivity contribution in [2.24, 2.45) is 0 Å². The van der Waals surface area contributed by atoms with Crippen molar-refractivity contribution in [3.8, 4) is 0 Å². The molecule has 2 aromatic carbocycles. The maximum atomic E-state index is 6.76. The van der Waals surface area contributed by atoms with Gasteiger partial charge < -0.3 is 0 Å². The van der Waals surface area contributed by atoms with Gasteiger partial charge in [-0.1, -0.05) is 56.3 Å². The Hall–Kier alpha value is -1.27. The minimum absolute atomic E-state index is 0.0982. The second kappa shape index (κ2) is 5.61. The maximum absolute atomic E-state index is 6.76. The smallest absolute Gasteiger partial charge is 0.0657 e. The van der Waals surface area contributed by atoms with Crippen LogP contribution in [0.5, 0.6) is 0 Å². The van der Waals surface area contributed by atoms with Crippen LogP contribution in [-0.4, -0.2) is 0 Å². The summed E-state index contributed by atoms with van der Waals surface area (Å²) in [6.45, 7) is 4.44. The molecule has 1 aliphatic carbocycles. The highest BCUT2D eigenvalue weighted by atomic mass is 35.5. The Morgan fingerprint density at radius 1 is 1.05 bits per heavy atom. The number of hydrogen-bond donors (Lipinski definition) is 0. The first-order chi connectivity index (χ1) is 9.74. The summed E-state index contributed by atoms with van der Waals surface area (Å²) >= 11 is 6.76. The van der Waals surface area contributed by atoms with Gasteiger partial charge in [-0.3, -0.25) is 0 Å². The predicted octanol–water partition coefficient (Wildman–Crippen LogP) is 5.43. The summed E-state index contributed by atoms with van der Waals surface area (Å²) in [4.78, 5) is 0. The molecule has 0 N–H and O–H groups in total. The number of fused-ring (bicyclic) bond motifs is 1. The average molecular weight is 285 g/mol. The van der Waals surface area contributed by atoms with Gasteiger partial charge in [-0.15, -0.1) is 11.6 Å². The molecule has 2 unspecified atom stereocenters. The molecule has 2 aromatic rings. The number of rotatable bonds is 4. The van der Waals surface area contributed by atoms with E-state index in [-0.39, 0.29) is 5.38 Å². The zero-order valence-electron chi connectivity index (χ0n) is 12.2. The van der Waals surface area contributed by atoms with Crippen LogP contribution in [0.15, 0.2) is 42.5 Å². The van der Waals surface area contributed by atoms with Gasteiger partial charge in [0.25, 0.3) is 0 Å². The van der Waals surface area contributed by atoms with E-state index in [1.807, 2.05) is 0 Å². The molecule has 0 spiro atoms. The third-order valence-electron chi connectivity index (χ3n) is 4.56. The van der Waals surface area contributed by atoms with Crippen LogP contribution in [0.3, 0.4) is 0 Å². The van der Waals surface area contributed by atoms with Crippen molar-refractivity contribution in [2.75, 3.05) is 0 Å². The predicted molar refractivity (Wildman–Crippen MR) is 86.7 cm³/mol. The molecule has 0 nitrogen and oxygen atoms in total. The molecule has 0 fully saturated rings. The summed E-state index contributed by atoms with van der Waals surface area (Å²) in [5.74, 6) is 0.477. The van der Waals surface area contributed by atoms with E-state index in [0.29, 0.717) is 5.92 Å². The van der Waals surface area contributed by atoms with Gasteiger partial charge in [-0.25, -0.2) is 0 Å². The Morgan fingerprint density at radius 2 is 1.80 bits per heavy atom. The fourth-order valence-electron chi connectivity index (χ4n) is 3.28. The molecule has 0 saturated heterocycles. The zero-order chi connectivity index (χ0) is 14.1. The minimum atomic E-state index is 0.0982. The van der Waals surface area contributed by atoms with Gasteiger partial charge >= 0.3 is 0 Å². The fourth-order valence-corrected chi connectivity index (χ4v) is 3.64. The first-order valence-corrected chi connectivity index (χ1v) is 8.01. The van der Waals surface area contributed by atoms with E-state index in [9.17, 15) is 0 Å². The Labute approximate surface area is 126 Å². The van der Waals surface area contributed by atoms with Gasteiger partial charge in [0.05, 0.1) is 5.38 Å². The Balaban J connectivity index is 1.87. The molecular formula is C19H21Cl. The van der Waals surface area contributed by atoms with E-state index in [2.05, 4.69) is 56.3 Å². The van der Waals surface area contributed by atoms with Gasteiger partial charge in [0, 0.05) is 5.92 Å². The molecule has 2 atom stereocenters. The lowest BCUT2D eigenvalue weighted by Crippen LogP contribution is -2.21. The van der Waals surface area contributed by atoms with Gasteiger partial charge in [0.2, 0.25) is 0 Å². The van der Waals surface area contributed by atoms with Crippen LogP contribution >= 0.6 is 11.6 Å². The number of benzene rings is 2. The summed E-state index contributed by atoms with van der Waals surface area (Å²) in [6, 6.07) is 15.5. The van der Waals surface area contributed by atoms with E-state index in [1.165, 1.54) is 27.8 Å². The first kappa shape index (κ1) is 13.7. The molecule has 1 aliphatic rings. The molecule has 0 heterocycles. The first-order valence-electron chi connectivity index (χ1n) is 7.58. The number of alkyl halides is 1. The van der Waals surface area contributed by atoms with Crippen molar-refractivity contribution >= 4 is 11.6 Å². The highest BCUT2D eigenvalue weighted by Gasteiger charge is 2.32. The lowest BCUT2D eigenvalue weighted by molar-refractivity contribution is 0.587. The monoisotopic (exact) mass is 284 g/mol. The number of halogens is 1. The van der Waals surface area contributed by atoms with Gasteiger partial charge in [-0.2, -0.15) is 0 Å². The van der Waals surface area contributed by atoms with Crippen LogP contribution in [0.1, 0.15) is 53.0 Å². The highest BCUT2D eigenvalue weighted by molar-refractivity contribution is 6.21. The quantitative estimate of drug-likeness (QED) is 0.657. The van der Waals surface area contributed by atoms with Crippen LogP contribution in [-0.2, 0) is 19.3 Å². The third kappa shape index (κ3) is 2.27. The number of aryl methyl sites for hydroxylation is 2. The maximum Gasteiger partial charge on any atom is 0.0657 e. The topological polar surface area (TPSA) is 0 Å². The van der Waals surface area contributed by atoms with E-state index >= 15 is 0 Å². The van der Waals surface area contributed by atoms with Crippen molar-refractivity contribution in [1.82, 2.24) is 0 Å². The average Bonchev–Trinajstić information content (AvgIpc) is 2.47. The van der Waals surface area contributed by atoms with Crippen LogP contribution in [0.2, 0.25) is 0 Å². The van der Waals surface area contributed by atoms with Crippen LogP contribution < -0.4 is 0 Å². The van der Waals surface area contributed by atoms with Crippen molar-refractivity contribution in [2.45, 2.75) is 44.4 Å². The summed E-state index contributed by atoms with van der Waals surface area (Å²) in [5.41, 5.74) is 7.08. The molecule has 0 radical (unpaired) electrons. The summed E-state index contributed by atoms with van der Waals surface area (Å²) in [6.07, 6.45) is 3.30. The van der Waals surface area contributed by atoms with E-state index in [0.717, 1.165) is 19.3 Å². The molecular weight excluding hydrogens is 264 g/mol. The third-order valence-corrected chi connectivity index (χ3v) is 5.11. The highest BCUT2D eigenvalue weighted by Crippen LogP contribution is 2.46. The molecule has 0 bridgehead atoms. The lowest BCUT2D eigenvalue weighted by atomic mass is 9.74. The van der Waals surface area contributed by atoms with Crippen molar-refractivity contribution in [1.29, 1.82) is 0 Å². The molecule has 0 amide bonds. The van der Waals surface area contributed by atoms with E-state index in [1.54, 1.807) is 0 Å². The Morgan fingerprint density at radius 3 is 2.50 bits per heavy atom. The van der Waals surface area contributed by atoms with Crippen LogP contribution in [0.25, 0.3) is 0 Å². The summed E-state index contributed by atoms with van der Waals surface area (Å²) in [5, 5.41) is 0.0982. The number of hydrogen-bond acceptors (Lipinski definition) is 0. The van der Waals surface area contributed by atoms with E-state index in [4.69, 9.17) is 11.6 Å². The molecule has 0 aliphatic heterocycles. The van der Waals surface area contributed by atoms with Crippen molar-refractivity contribution < 1.29 is 0 Å². The normalized spacial score (nSPS) is 18.2. The largest absolute Gasteiger partial charge is 0.117 e. The summed E-state index contributed by atoms with van der Waals surface area (Å²) in [7, 11) is 0. The lowest BCUT2D eigenvalue weighted by Gasteiger charge is -2.34. The van der Waals surface area contributed by atoms with Gasteiger partial charge in [-0.05, 0) is 47.1 Å². The van der Waals surface area contributed by atoms with Crippen molar-refractivity contribution in [3.63, 3.8) is 0 Å². The molecule has 104 valence electrons. The fraction of sp³-hybridized carbons (Fsp3) is 0.368. The minimum Gasteiger partial charge on any atom is -0.117 e. The summed E-state index contributed by atoms with van der Waals surface area (Å²) < 4.78 is 0. The van der Waals surface area contributed by atoms with Gasteiger partial charge in [0.1, 0.15) is 0 Å². The SMILES string of the molecule is CCc1ccc(C(Cl)C2Cc3ccccc32)cc1CC. The molecule has 1 heteroatoms.